The maximum atomic E-state index is 14.2. The molecule has 1 amide bonds. The first-order valence-electron chi connectivity index (χ1n) is 8.93. The lowest BCUT2D eigenvalue weighted by Gasteiger charge is -2.34. The molecule has 29 heavy (non-hydrogen) atoms. The summed E-state index contributed by atoms with van der Waals surface area (Å²) in [4.78, 5) is 10.3. The quantitative estimate of drug-likeness (QED) is 0.418. The van der Waals surface area contributed by atoms with Crippen molar-refractivity contribution in [3.05, 3.63) is 41.1 Å². The summed E-state index contributed by atoms with van der Waals surface area (Å²) in [7, 11) is 0. The Morgan fingerprint density at radius 3 is 2.31 bits per heavy atom. The van der Waals surface area contributed by atoms with Crippen molar-refractivity contribution >= 4 is 22.0 Å². The monoisotopic (exact) mass is 477 g/mol. The van der Waals surface area contributed by atoms with E-state index in [1.807, 2.05) is 0 Å². The van der Waals surface area contributed by atoms with Crippen LogP contribution in [0.5, 0.6) is 0 Å². The lowest BCUT2D eigenvalue weighted by molar-refractivity contribution is 0.0140. The largest absolute Gasteiger partial charge is 0.444 e. The maximum Gasteiger partial charge on any atom is 0.410 e. The Hall–Kier alpha value is -2.10. The predicted octanol–water partition coefficient (Wildman–Crippen LogP) is 5.58. The van der Waals surface area contributed by atoms with E-state index < -0.39 is 34.3 Å². The molecule has 0 radical (unpaired) electrons. The van der Waals surface area contributed by atoms with Crippen LogP contribution in [0.1, 0.15) is 45.0 Å². The van der Waals surface area contributed by atoms with Gasteiger partial charge >= 0.3 is 11.0 Å². The molecule has 2 aromatic rings. The first-order valence-corrected chi connectivity index (χ1v) is 9.72. The minimum atomic E-state index is -3.60. The Kier molecular flexibility index (Phi) is 5.44. The Balaban J connectivity index is 2.10. The first kappa shape index (κ1) is 21.6. The minimum Gasteiger partial charge on any atom is -0.444 e. The molecular weight excluding hydrogens is 458 g/mol. The van der Waals surface area contributed by atoms with Crippen LogP contribution in [-0.4, -0.2) is 32.9 Å². The number of hydrogen-bond acceptors (Lipinski definition) is 3. The second-order valence-corrected chi connectivity index (χ2v) is 8.80. The number of carbonyl (C=O) groups excluding carboxylic acids is 1. The lowest BCUT2D eigenvalue weighted by atomic mass is 9.96. The molecular formula is C19H20BrF4N3O2. The normalized spacial score (nSPS) is 17.3. The SMILES string of the molecule is CC1c2nn(C(F)(F)Br)c(-c3cc(F)cc(F)c3)c2CCN1C(=O)OC(C)(C)C. The summed E-state index contributed by atoms with van der Waals surface area (Å²) in [6.45, 7) is 7.00. The number of halogens is 5. The molecule has 0 fully saturated rings. The molecule has 0 spiro atoms. The van der Waals surface area contributed by atoms with E-state index in [2.05, 4.69) is 21.0 Å². The number of ether oxygens (including phenoxy) is 1. The van der Waals surface area contributed by atoms with Gasteiger partial charge in [-0.1, -0.05) is 0 Å². The van der Waals surface area contributed by atoms with Gasteiger partial charge in [-0.15, -0.1) is 0 Å². The predicted molar refractivity (Wildman–Crippen MR) is 102 cm³/mol. The molecule has 1 aliphatic heterocycles. The molecule has 158 valence electrons. The van der Waals surface area contributed by atoms with E-state index in [9.17, 15) is 22.4 Å². The van der Waals surface area contributed by atoms with E-state index in [1.54, 1.807) is 27.7 Å². The maximum absolute atomic E-state index is 14.2. The number of rotatable bonds is 2. The first-order chi connectivity index (χ1) is 13.3. The average molecular weight is 478 g/mol. The van der Waals surface area contributed by atoms with Crippen LogP contribution in [0.25, 0.3) is 11.3 Å². The molecule has 3 rings (SSSR count). The van der Waals surface area contributed by atoms with E-state index in [-0.39, 0.29) is 29.9 Å². The van der Waals surface area contributed by atoms with Crippen molar-refractivity contribution in [3.8, 4) is 11.3 Å². The van der Waals surface area contributed by atoms with Crippen LogP contribution in [0.3, 0.4) is 0 Å². The highest BCUT2D eigenvalue weighted by atomic mass is 79.9. The van der Waals surface area contributed by atoms with Crippen molar-refractivity contribution in [2.75, 3.05) is 6.54 Å². The van der Waals surface area contributed by atoms with Gasteiger partial charge in [-0.2, -0.15) is 18.6 Å². The number of aromatic nitrogens is 2. The number of fused-ring (bicyclic) bond motifs is 1. The van der Waals surface area contributed by atoms with Crippen molar-refractivity contribution in [2.24, 2.45) is 0 Å². The van der Waals surface area contributed by atoms with Crippen molar-refractivity contribution < 1.29 is 27.1 Å². The van der Waals surface area contributed by atoms with Crippen molar-refractivity contribution in [3.63, 3.8) is 0 Å². The molecule has 10 heteroatoms. The Morgan fingerprint density at radius 2 is 1.79 bits per heavy atom. The smallest absolute Gasteiger partial charge is 0.410 e. The molecule has 1 unspecified atom stereocenters. The Morgan fingerprint density at radius 1 is 1.21 bits per heavy atom. The number of carbonyl (C=O) groups is 1. The fraction of sp³-hybridized carbons (Fsp3) is 0.474. The van der Waals surface area contributed by atoms with E-state index >= 15 is 0 Å². The zero-order valence-corrected chi connectivity index (χ0v) is 17.9. The number of hydrogen-bond donors (Lipinski definition) is 0. The number of alkyl halides is 3. The van der Waals surface area contributed by atoms with Gasteiger partial charge < -0.3 is 4.74 Å². The van der Waals surface area contributed by atoms with Gasteiger partial charge in [0.15, 0.2) is 0 Å². The molecule has 1 atom stereocenters. The van der Waals surface area contributed by atoms with Crippen LogP contribution < -0.4 is 0 Å². The van der Waals surface area contributed by atoms with Crippen LogP contribution in [0.15, 0.2) is 18.2 Å². The fourth-order valence-electron chi connectivity index (χ4n) is 3.36. The Bertz CT molecular complexity index is 930. The van der Waals surface area contributed by atoms with Gasteiger partial charge in [0.2, 0.25) is 0 Å². The summed E-state index contributed by atoms with van der Waals surface area (Å²) < 4.78 is 61.7. The third-order valence-corrected chi connectivity index (χ3v) is 4.82. The molecule has 5 nitrogen and oxygen atoms in total. The van der Waals surface area contributed by atoms with Gasteiger partial charge in [0.05, 0.1) is 17.4 Å². The second-order valence-electron chi connectivity index (χ2n) is 7.85. The van der Waals surface area contributed by atoms with Crippen molar-refractivity contribution in [2.45, 2.75) is 50.7 Å². The van der Waals surface area contributed by atoms with Gasteiger partial charge in [0.1, 0.15) is 17.2 Å². The fourth-order valence-corrected chi connectivity index (χ4v) is 3.62. The summed E-state index contributed by atoms with van der Waals surface area (Å²) in [5.41, 5.74) is -0.254. The standard InChI is InChI=1S/C19H20BrF4N3O2/c1-10-15-14(5-6-26(10)17(28)29-18(2,3)4)16(27(25-15)19(20,23)24)11-7-12(21)9-13(22)8-11/h7-10H,5-6H2,1-4H3. The van der Waals surface area contributed by atoms with Crippen molar-refractivity contribution in [1.82, 2.24) is 14.7 Å². The van der Waals surface area contributed by atoms with E-state index in [1.165, 1.54) is 4.90 Å². The molecule has 0 N–H and O–H groups in total. The third kappa shape index (κ3) is 4.41. The summed E-state index contributed by atoms with van der Waals surface area (Å²) in [5.74, 6) is -1.78. The molecule has 2 heterocycles. The summed E-state index contributed by atoms with van der Waals surface area (Å²) in [6.07, 6.45) is -0.413. The Labute approximate surface area is 173 Å². The van der Waals surface area contributed by atoms with Crippen LogP contribution >= 0.6 is 15.9 Å². The molecule has 0 bridgehead atoms. The van der Waals surface area contributed by atoms with E-state index in [0.717, 1.165) is 12.1 Å². The highest BCUT2D eigenvalue weighted by Crippen LogP contribution is 2.41. The van der Waals surface area contributed by atoms with Crippen LogP contribution in [0.2, 0.25) is 0 Å². The van der Waals surface area contributed by atoms with Gasteiger partial charge in [0.25, 0.3) is 0 Å². The van der Waals surface area contributed by atoms with Crippen LogP contribution in [-0.2, 0) is 16.1 Å². The van der Waals surface area contributed by atoms with E-state index in [0.29, 0.717) is 16.3 Å². The summed E-state index contributed by atoms with van der Waals surface area (Å²) >= 11 is 2.28. The molecule has 1 aromatic heterocycles. The minimum absolute atomic E-state index is 0.0618. The van der Waals surface area contributed by atoms with Crippen LogP contribution in [0.4, 0.5) is 22.4 Å². The number of nitrogens with zero attached hydrogens (tertiary/aromatic N) is 3. The zero-order valence-electron chi connectivity index (χ0n) is 16.3. The molecule has 1 aliphatic rings. The highest BCUT2D eigenvalue weighted by Gasteiger charge is 2.40. The van der Waals surface area contributed by atoms with Gasteiger partial charge in [-0.25, -0.2) is 13.6 Å². The molecule has 0 saturated carbocycles. The third-order valence-electron chi connectivity index (χ3n) is 4.48. The molecule has 0 aliphatic carbocycles. The highest BCUT2D eigenvalue weighted by molar-refractivity contribution is 9.09. The second kappa shape index (κ2) is 7.30. The van der Waals surface area contributed by atoms with Gasteiger partial charge in [-0.05, 0) is 46.2 Å². The average Bonchev–Trinajstić information content (AvgIpc) is 2.93. The summed E-state index contributed by atoms with van der Waals surface area (Å²) in [5, 5.41) is 3.99. The topological polar surface area (TPSA) is 47.4 Å². The lowest BCUT2D eigenvalue weighted by Crippen LogP contribution is -2.42. The van der Waals surface area contributed by atoms with Crippen LogP contribution in [0, 0.1) is 11.6 Å². The molecule has 0 saturated heterocycles. The van der Waals surface area contributed by atoms with Crippen molar-refractivity contribution in [1.29, 1.82) is 0 Å². The number of benzene rings is 1. The van der Waals surface area contributed by atoms with E-state index in [4.69, 9.17) is 4.74 Å². The molecule has 1 aromatic carbocycles. The zero-order chi connectivity index (χ0) is 21.7. The van der Waals surface area contributed by atoms with Gasteiger partial charge in [-0.3, -0.25) is 4.90 Å². The summed E-state index contributed by atoms with van der Waals surface area (Å²) in [6, 6.07) is 1.94. The van der Waals surface area contributed by atoms with Gasteiger partial charge in [0, 0.05) is 39.7 Å². The number of amides is 1.